The lowest BCUT2D eigenvalue weighted by Gasteiger charge is -2.38. The summed E-state index contributed by atoms with van der Waals surface area (Å²) in [6.45, 7) is 4.88. The third-order valence-corrected chi connectivity index (χ3v) is 6.31. The van der Waals surface area contributed by atoms with Crippen molar-refractivity contribution in [2.24, 2.45) is 0 Å². The van der Waals surface area contributed by atoms with E-state index in [9.17, 15) is 9.59 Å². The molecule has 0 aliphatic carbocycles. The maximum absolute atomic E-state index is 13.2. The molecule has 0 bridgehead atoms. The zero-order valence-electron chi connectivity index (χ0n) is 19.9. The Bertz CT molecular complexity index is 1180. The molecule has 1 atom stereocenters. The van der Waals surface area contributed by atoms with Gasteiger partial charge in [0.2, 0.25) is 5.91 Å². The summed E-state index contributed by atoms with van der Waals surface area (Å²) in [6.07, 6.45) is 0. The van der Waals surface area contributed by atoms with Crippen LogP contribution in [0, 0.1) is 0 Å². The third kappa shape index (κ3) is 4.51. The second-order valence-corrected chi connectivity index (χ2v) is 8.14. The van der Waals surface area contributed by atoms with Crippen LogP contribution >= 0.6 is 0 Å². The molecule has 180 valence electrons. The molecule has 2 aromatic carbocycles. The minimum atomic E-state index is -0.552. The van der Waals surface area contributed by atoms with E-state index in [4.69, 9.17) is 14.2 Å². The number of piperazine rings is 1. The number of fused-ring (bicyclic) bond motifs is 1. The van der Waals surface area contributed by atoms with E-state index in [1.54, 1.807) is 26.4 Å². The van der Waals surface area contributed by atoms with Crippen LogP contribution in [-0.4, -0.2) is 75.3 Å². The molecule has 1 aromatic heterocycles. The molecule has 3 aromatic rings. The van der Waals surface area contributed by atoms with Crippen molar-refractivity contribution in [1.29, 1.82) is 0 Å². The van der Waals surface area contributed by atoms with Crippen LogP contribution in [0.5, 0.6) is 11.5 Å². The lowest BCUT2D eigenvalue weighted by Crippen LogP contribution is -2.53. The monoisotopic (exact) mass is 466 g/mol. The van der Waals surface area contributed by atoms with Gasteiger partial charge in [-0.25, -0.2) is 4.79 Å². The maximum atomic E-state index is 13.2. The highest BCUT2D eigenvalue weighted by atomic mass is 16.5. The van der Waals surface area contributed by atoms with Crippen molar-refractivity contribution < 1.29 is 23.8 Å². The Morgan fingerprint density at radius 1 is 1.00 bits per heavy atom. The number of amides is 1. The van der Waals surface area contributed by atoms with Gasteiger partial charge in [-0.3, -0.25) is 9.69 Å². The topological polar surface area (TPSA) is 96.1 Å². The number of aromatic nitrogens is 1. The summed E-state index contributed by atoms with van der Waals surface area (Å²) >= 11 is 0. The molecule has 9 nitrogen and oxygen atoms in total. The number of methoxy groups -OCH3 is 3. The third-order valence-electron chi connectivity index (χ3n) is 6.31. The van der Waals surface area contributed by atoms with Gasteiger partial charge in [0.25, 0.3) is 0 Å². The van der Waals surface area contributed by atoms with Crippen LogP contribution in [0.15, 0.2) is 42.5 Å². The molecule has 1 amide bonds. The molecule has 1 aliphatic heterocycles. The van der Waals surface area contributed by atoms with E-state index in [0.29, 0.717) is 22.3 Å². The van der Waals surface area contributed by atoms with Gasteiger partial charge in [0.15, 0.2) is 0 Å². The van der Waals surface area contributed by atoms with Crippen molar-refractivity contribution in [2.75, 3.05) is 57.7 Å². The van der Waals surface area contributed by atoms with Crippen LogP contribution in [0.3, 0.4) is 0 Å². The molecule has 0 saturated carbocycles. The fourth-order valence-electron chi connectivity index (χ4n) is 4.32. The molecular weight excluding hydrogens is 436 g/mol. The maximum Gasteiger partial charge on any atom is 0.356 e. The van der Waals surface area contributed by atoms with Gasteiger partial charge in [0, 0.05) is 37.6 Å². The molecule has 1 saturated heterocycles. The smallest absolute Gasteiger partial charge is 0.356 e. The molecule has 4 rings (SSSR count). The number of rotatable bonds is 7. The van der Waals surface area contributed by atoms with E-state index in [1.165, 1.54) is 7.11 Å². The average molecular weight is 467 g/mol. The number of nitrogens with one attached hydrogen (secondary N) is 2. The van der Waals surface area contributed by atoms with Gasteiger partial charge in [-0.15, -0.1) is 0 Å². The Morgan fingerprint density at radius 3 is 2.41 bits per heavy atom. The Morgan fingerprint density at radius 2 is 1.74 bits per heavy atom. The number of hydrogen-bond donors (Lipinski definition) is 2. The summed E-state index contributed by atoms with van der Waals surface area (Å²) in [5.41, 5.74) is 2.34. The molecule has 0 radical (unpaired) electrons. The van der Waals surface area contributed by atoms with Crippen molar-refractivity contribution in [1.82, 2.24) is 9.88 Å². The number of nitrogens with zero attached hydrogens (tertiary/aromatic N) is 2. The van der Waals surface area contributed by atoms with Gasteiger partial charge < -0.3 is 29.4 Å². The number of esters is 1. The first kappa shape index (κ1) is 23.4. The molecule has 1 fully saturated rings. The lowest BCUT2D eigenvalue weighted by atomic mass is 10.1. The van der Waals surface area contributed by atoms with E-state index >= 15 is 0 Å². The number of hydrogen-bond acceptors (Lipinski definition) is 7. The lowest BCUT2D eigenvalue weighted by molar-refractivity contribution is -0.120. The van der Waals surface area contributed by atoms with E-state index in [-0.39, 0.29) is 17.6 Å². The molecule has 1 aliphatic rings. The normalized spacial score (nSPS) is 15.1. The number of ether oxygens (including phenoxy) is 3. The number of aromatic amines is 1. The Balaban J connectivity index is 1.48. The first-order valence-corrected chi connectivity index (χ1v) is 11.2. The van der Waals surface area contributed by atoms with Crippen molar-refractivity contribution in [2.45, 2.75) is 13.0 Å². The average Bonchev–Trinajstić information content (AvgIpc) is 3.25. The van der Waals surface area contributed by atoms with E-state index in [0.717, 1.165) is 37.6 Å². The summed E-state index contributed by atoms with van der Waals surface area (Å²) < 4.78 is 15.7. The highest BCUT2D eigenvalue weighted by Gasteiger charge is 2.28. The molecular formula is C25H30N4O5. The van der Waals surface area contributed by atoms with Crippen LogP contribution in [0.25, 0.3) is 10.9 Å². The van der Waals surface area contributed by atoms with E-state index in [2.05, 4.69) is 20.1 Å². The standard InChI is InChI=1S/C25H30N4O5/c1-16(28-11-13-29(14-12-28)20-7-5-6-8-21(20)33-3)24(30)27-22-18-10-9-17(32-2)15-19(18)26-23(22)25(31)34-4/h5-10,15-16,26H,11-14H2,1-4H3,(H,27,30)/t16-/m0/s1. The largest absolute Gasteiger partial charge is 0.497 e. The summed E-state index contributed by atoms with van der Waals surface area (Å²) in [4.78, 5) is 33.0. The zero-order valence-corrected chi connectivity index (χ0v) is 19.9. The van der Waals surface area contributed by atoms with Gasteiger partial charge in [-0.2, -0.15) is 0 Å². The van der Waals surface area contributed by atoms with Crippen molar-refractivity contribution in [3.8, 4) is 11.5 Å². The summed E-state index contributed by atoms with van der Waals surface area (Å²) in [6, 6.07) is 12.9. The second-order valence-electron chi connectivity index (χ2n) is 8.14. The highest BCUT2D eigenvalue weighted by molar-refractivity contribution is 6.11. The fraction of sp³-hybridized carbons (Fsp3) is 0.360. The number of para-hydroxylation sites is 2. The predicted octanol–water partition coefficient (Wildman–Crippen LogP) is 3.12. The van der Waals surface area contributed by atoms with Crippen LogP contribution in [0.1, 0.15) is 17.4 Å². The SMILES string of the molecule is COC(=O)c1[nH]c2cc(OC)ccc2c1NC(=O)[C@H](C)N1CCN(c2ccccc2OC)CC1. The van der Waals surface area contributed by atoms with E-state index < -0.39 is 5.97 Å². The van der Waals surface area contributed by atoms with E-state index in [1.807, 2.05) is 37.3 Å². The fourth-order valence-corrected chi connectivity index (χ4v) is 4.32. The number of anilines is 2. The number of benzene rings is 2. The van der Waals surface area contributed by atoms with Gasteiger partial charge in [-0.05, 0) is 31.2 Å². The second kappa shape index (κ2) is 10.0. The number of H-pyrrole nitrogens is 1. The van der Waals surface area contributed by atoms with Crippen molar-refractivity contribution in [3.63, 3.8) is 0 Å². The number of carbonyl (C=O) groups excluding carboxylic acids is 2. The highest BCUT2D eigenvalue weighted by Crippen LogP contribution is 2.32. The molecule has 2 N–H and O–H groups in total. The van der Waals surface area contributed by atoms with Crippen molar-refractivity contribution in [3.05, 3.63) is 48.2 Å². The first-order valence-electron chi connectivity index (χ1n) is 11.2. The molecule has 9 heteroatoms. The Labute approximate surface area is 198 Å². The molecule has 34 heavy (non-hydrogen) atoms. The molecule has 2 heterocycles. The van der Waals surface area contributed by atoms with Gasteiger partial charge in [-0.1, -0.05) is 12.1 Å². The minimum absolute atomic E-state index is 0.187. The Kier molecular flexibility index (Phi) is 6.93. The number of carbonyl (C=O) groups is 2. The van der Waals surface area contributed by atoms with Crippen LogP contribution < -0.4 is 19.7 Å². The van der Waals surface area contributed by atoms with Gasteiger partial charge in [0.1, 0.15) is 17.2 Å². The van der Waals surface area contributed by atoms with Crippen LogP contribution in [0.2, 0.25) is 0 Å². The van der Waals surface area contributed by atoms with Gasteiger partial charge in [0.05, 0.1) is 44.3 Å². The van der Waals surface area contributed by atoms with Crippen LogP contribution in [-0.2, 0) is 9.53 Å². The van der Waals surface area contributed by atoms with Crippen LogP contribution in [0.4, 0.5) is 11.4 Å². The van der Waals surface area contributed by atoms with Gasteiger partial charge >= 0.3 is 5.97 Å². The van der Waals surface area contributed by atoms with Crippen molar-refractivity contribution >= 4 is 34.2 Å². The minimum Gasteiger partial charge on any atom is -0.497 e. The summed E-state index contributed by atoms with van der Waals surface area (Å²) in [5.74, 6) is 0.744. The first-order chi connectivity index (χ1) is 16.5. The summed E-state index contributed by atoms with van der Waals surface area (Å²) in [5, 5.41) is 3.67. The summed E-state index contributed by atoms with van der Waals surface area (Å²) in [7, 11) is 4.55. The Hall–Kier alpha value is -3.72. The zero-order chi connectivity index (χ0) is 24.2. The molecule has 0 spiro atoms. The quantitative estimate of drug-likeness (QED) is 0.517. The predicted molar refractivity (Wildman–Crippen MR) is 131 cm³/mol. The molecule has 0 unspecified atom stereocenters.